The van der Waals surface area contributed by atoms with Crippen molar-refractivity contribution in [3.63, 3.8) is 0 Å². The molecule has 0 aliphatic carbocycles. The molecule has 2 aromatic carbocycles. The summed E-state index contributed by atoms with van der Waals surface area (Å²) >= 11 is 0. The van der Waals surface area contributed by atoms with Crippen molar-refractivity contribution in [1.29, 1.82) is 0 Å². The molecule has 1 aromatic heterocycles. The Hall–Kier alpha value is -3.56. The zero-order chi connectivity index (χ0) is 27.4. The quantitative estimate of drug-likeness (QED) is 0.289. The van der Waals surface area contributed by atoms with Crippen LogP contribution in [0, 0.1) is 0 Å². The Morgan fingerprint density at radius 2 is 1.62 bits per heavy atom. The summed E-state index contributed by atoms with van der Waals surface area (Å²) in [5, 5.41) is 11.8. The van der Waals surface area contributed by atoms with Gasteiger partial charge in [-0.2, -0.15) is 0 Å². The van der Waals surface area contributed by atoms with Crippen LogP contribution in [0.3, 0.4) is 0 Å². The van der Waals surface area contributed by atoms with Crippen molar-refractivity contribution >= 4 is 22.6 Å². The van der Waals surface area contributed by atoms with Crippen LogP contribution >= 0.6 is 0 Å². The van der Waals surface area contributed by atoms with E-state index in [0.717, 1.165) is 11.1 Å². The molecule has 0 aliphatic rings. The Kier molecular flexibility index (Phi) is 11.4. The van der Waals surface area contributed by atoms with Gasteiger partial charge in [-0.3, -0.25) is 23.8 Å². The summed E-state index contributed by atoms with van der Waals surface area (Å²) in [6.07, 6.45) is 4.34. The van der Waals surface area contributed by atoms with Crippen molar-refractivity contribution < 1.29 is 19.0 Å². The molecule has 9 heteroatoms. The van der Waals surface area contributed by atoms with Crippen LogP contribution in [-0.4, -0.2) is 36.8 Å². The minimum Gasteiger partial charge on any atom is -0.348 e. The monoisotopic (exact) mass is 525 g/mol. The average Bonchev–Trinajstić information content (AvgIpc) is 2.91. The number of carbonyl (C=O) groups is 2. The molecule has 0 radical (unpaired) electrons. The third-order valence-electron chi connectivity index (χ3n) is 5.82. The lowest BCUT2D eigenvalue weighted by molar-refractivity contribution is -0.131. The van der Waals surface area contributed by atoms with Crippen molar-refractivity contribution in [1.82, 2.24) is 15.4 Å². The van der Waals surface area contributed by atoms with Crippen LogP contribution in [0.2, 0.25) is 0 Å². The number of aryl methyl sites for hydroxylation is 1. The molecule has 3 N–H and O–H groups in total. The molecule has 3 aromatic rings. The Bertz CT molecular complexity index is 1260. The number of carbonyl (C=O) groups excluding carboxylic acids is 2. The maximum absolute atomic E-state index is 12.6. The number of benzene rings is 2. The number of aromatic nitrogens is 1. The third kappa shape index (κ3) is 8.23. The van der Waals surface area contributed by atoms with E-state index in [-0.39, 0.29) is 24.4 Å². The fourth-order valence-electron chi connectivity index (χ4n) is 3.41. The van der Waals surface area contributed by atoms with Crippen molar-refractivity contribution in [3.8, 4) is 11.1 Å². The van der Waals surface area contributed by atoms with Crippen LogP contribution < -0.4 is 16.4 Å². The highest BCUT2D eigenvalue weighted by atomic mass is 32.2. The van der Waals surface area contributed by atoms with E-state index in [0.29, 0.717) is 17.7 Å². The molecule has 0 saturated carbocycles. The van der Waals surface area contributed by atoms with Crippen molar-refractivity contribution in [2.45, 2.75) is 51.4 Å². The lowest BCUT2D eigenvalue weighted by atomic mass is 10.0. The van der Waals surface area contributed by atoms with E-state index in [1.807, 2.05) is 30.3 Å². The fraction of sp³-hybridized carbons (Fsp3) is 0.321. The Balaban J connectivity index is 0.00000153. The molecule has 0 bridgehead atoms. The number of rotatable bonds is 9. The molecule has 0 saturated heterocycles. The number of nitrogens with zero attached hydrogens (tertiary/aromatic N) is 1. The van der Waals surface area contributed by atoms with E-state index in [4.69, 9.17) is 5.21 Å². The molecule has 2 amide bonds. The molecule has 8 nitrogen and oxygen atoms in total. The first-order valence-electron chi connectivity index (χ1n) is 12.1. The number of hydrogen-bond acceptors (Lipinski definition) is 5. The van der Waals surface area contributed by atoms with Crippen LogP contribution in [0.25, 0.3) is 11.1 Å². The second-order valence-corrected chi connectivity index (χ2v) is 10.6. The van der Waals surface area contributed by atoms with E-state index >= 15 is 0 Å². The molecule has 3 rings (SSSR count). The van der Waals surface area contributed by atoms with Gasteiger partial charge in [0.1, 0.15) is 4.75 Å². The lowest BCUT2D eigenvalue weighted by Crippen LogP contribution is -2.47. The van der Waals surface area contributed by atoms with Crippen LogP contribution in [0.4, 0.5) is 0 Å². The molecule has 0 fully saturated rings. The van der Waals surface area contributed by atoms with Gasteiger partial charge < -0.3 is 9.88 Å². The van der Waals surface area contributed by atoms with Crippen LogP contribution in [-0.2, 0) is 28.7 Å². The number of pyridine rings is 1. The summed E-state index contributed by atoms with van der Waals surface area (Å²) in [7, 11) is -1.55. The first-order chi connectivity index (χ1) is 17.7. The number of hydroxylamine groups is 1. The average molecular weight is 526 g/mol. The molecule has 1 heterocycles. The second kappa shape index (κ2) is 14.2. The molecule has 198 valence electrons. The molecular weight excluding hydrogens is 490 g/mol. The molecule has 2 unspecified atom stereocenters. The predicted molar refractivity (Wildman–Crippen MR) is 147 cm³/mol. The van der Waals surface area contributed by atoms with Gasteiger partial charge in [-0.1, -0.05) is 62.7 Å². The summed E-state index contributed by atoms with van der Waals surface area (Å²) in [6, 6.07) is 19.8. The summed E-state index contributed by atoms with van der Waals surface area (Å²) in [4.78, 5) is 37.0. The molecule has 0 spiro atoms. The third-order valence-corrected chi connectivity index (χ3v) is 7.48. The molecule has 37 heavy (non-hydrogen) atoms. The minimum absolute atomic E-state index is 0.106. The topological polar surface area (TPSA) is 118 Å². The Morgan fingerprint density at radius 3 is 2.16 bits per heavy atom. The van der Waals surface area contributed by atoms with Crippen LogP contribution in [0.15, 0.2) is 77.7 Å². The van der Waals surface area contributed by atoms with Gasteiger partial charge in [0.05, 0.1) is 0 Å². The van der Waals surface area contributed by atoms with Crippen molar-refractivity contribution in [2.24, 2.45) is 0 Å². The van der Waals surface area contributed by atoms with Gasteiger partial charge in [0, 0.05) is 48.0 Å². The Labute approximate surface area is 220 Å². The Morgan fingerprint density at radius 1 is 1.00 bits per heavy atom. The van der Waals surface area contributed by atoms with Gasteiger partial charge in [-0.05, 0) is 48.2 Å². The molecule has 2 atom stereocenters. The zero-order valence-corrected chi connectivity index (χ0v) is 22.5. The summed E-state index contributed by atoms with van der Waals surface area (Å²) in [6.45, 7) is 6.32. The van der Waals surface area contributed by atoms with Gasteiger partial charge in [-0.15, -0.1) is 0 Å². The lowest BCUT2D eigenvalue weighted by Gasteiger charge is -2.24. The van der Waals surface area contributed by atoms with Crippen LogP contribution in [0.1, 0.15) is 49.5 Å². The maximum atomic E-state index is 12.6. The summed E-state index contributed by atoms with van der Waals surface area (Å²) in [5.41, 5.74) is 4.26. The maximum Gasteiger partial charge on any atom is 0.261 e. The second-order valence-electron chi connectivity index (χ2n) is 8.78. The van der Waals surface area contributed by atoms with Crippen molar-refractivity contribution in [2.75, 3.05) is 6.26 Å². The van der Waals surface area contributed by atoms with Gasteiger partial charge in [0.2, 0.25) is 0 Å². The van der Waals surface area contributed by atoms with Gasteiger partial charge in [0.25, 0.3) is 17.4 Å². The fourth-order valence-corrected chi connectivity index (χ4v) is 4.09. The SMILES string of the molecule is CCC.CS(=O)C(C)(CCn1ccc(-c2ccc(C(=O)NCc3ccccc3)cc2)cc1=O)C(=O)NO. The first kappa shape index (κ1) is 29.7. The van der Waals surface area contributed by atoms with E-state index in [1.54, 1.807) is 42.0 Å². The highest BCUT2D eigenvalue weighted by molar-refractivity contribution is 7.86. The van der Waals surface area contributed by atoms with Gasteiger partial charge >= 0.3 is 0 Å². The standard InChI is InChI=1S/C25H27N3O5S.C3H8/c1-25(34(2)33,24(31)27-32)13-15-28-14-12-21(16-22(28)29)19-8-10-20(11-9-19)23(30)26-17-18-6-4-3-5-7-18;1-3-2/h3-12,14,16,32H,13,15,17H2,1-2H3,(H,26,30)(H,27,31);3H2,1-2H3. The van der Waals surface area contributed by atoms with Gasteiger partial charge in [-0.25, -0.2) is 5.48 Å². The van der Waals surface area contributed by atoms with E-state index < -0.39 is 21.5 Å². The van der Waals surface area contributed by atoms with Gasteiger partial charge in [0.15, 0.2) is 0 Å². The van der Waals surface area contributed by atoms with E-state index in [1.165, 1.54) is 30.2 Å². The first-order valence-corrected chi connectivity index (χ1v) is 13.6. The number of amides is 2. The molecular formula is C28H35N3O5S. The number of hydrogen-bond donors (Lipinski definition) is 3. The number of nitrogens with one attached hydrogen (secondary N) is 2. The largest absolute Gasteiger partial charge is 0.348 e. The summed E-state index contributed by atoms with van der Waals surface area (Å²) in [5.74, 6) is -0.944. The van der Waals surface area contributed by atoms with Crippen LogP contribution in [0.5, 0.6) is 0 Å². The highest BCUT2D eigenvalue weighted by Gasteiger charge is 2.37. The van der Waals surface area contributed by atoms with E-state index in [9.17, 15) is 18.6 Å². The smallest absolute Gasteiger partial charge is 0.261 e. The normalized spacial score (nSPS) is 12.9. The van der Waals surface area contributed by atoms with Crippen molar-refractivity contribution in [3.05, 3.63) is 94.4 Å². The highest BCUT2D eigenvalue weighted by Crippen LogP contribution is 2.21. The molecule has 0 aliphatic heterocycles. The predicted octanol–water partition coefficient (Wildman–Crippen LogP) is 3.89. The summed E-state index contributed by atoms with van der Waals surface area (Å²) < 4.78 is 12.1. The van der Waals surface area contributed by atoms with E-state index in [2.05, 4.69) is 19.2 Å². The zero-order valence-electron chi connectivity index (χ0n) is 21.7. The minimum atomic E-state index is -1.55.